The molecule has 1 aromatic heterocycles. The molecule has 1 amide bonds. The van der Waals surface area contributed by atoms with Crippen molar-refractivity contribution in [3.05, 3.63) is 21.7 Å². The first-order chi connectivity index (χ1) is 13.2. The quantitative estimate of drug-likeness (QED) is 0.499. The van der Waals surface area contributed by atoms with Crippen LogP contribution in [0.3, 0.4) is 0 Å². The number of ether oxygens (including phenoxy) is 1. The van der Waals surface area contributed by atoms with Crippen molar-refractivity contribution in [2.24, 2.45) is 0 Å². The molecule has 150 valence electrons. The minimum atomic E-state index is -0.172. The molecule has 2 aliphatic rings. The third-order valence-electron chi connectivity index (χ3n) is 5.07. The van der Waals surface area contributed by atoms with Crippen LogP contribution in [0.5, 0.6) is 0 Å². The molecule has 2 heterocycles. The molecule has 1 N–H and O–H groups in total. The Hall–Kier alpha value is -1.38. The van der Waals surface area contributed by atoms with Gasteiger partial charge in [-0.2, -0.15) is 4.98 Å². The van der Waals surface area contributed by atoms with Crippen molar-refractivity contribution in [2.75, 3.05) is 45.1 Å². The Balaban J connectivity index is 1.61. The van der Waals surface area contributed by atoms with Gasteiger partial charge in [0, 0.05) is 44.0 Å². The number of nitrogens with one attached hydrogen (secondary N) is 1. The third-order valence-corrected chi connectivity index (χ3v) is 6.09. The zero-order valence-electron chi connectivity index (χ0n) is 16.2. The van der Waals surface area contributed by atoms with Crippen molar-refractivity contribution < 1.29 is 9.53 Å². The highest BCUT2D eigenvalue weighted by molar-refractivity contribution is 7.99. The molecule has 7 nitrogen and oxygen atoms in total. The molecule has 0 spiro atoms. The number of amides is 1. The van der Waals surface area contributed by atoms with Crippen LogP contribution in [0.1, 0.15) is 37.4 Å². The van der Waals surface area contributed by atoms with Gasteiger partial charge in [0.1, 0.15) is 5.03 Å². The summed E-state index contributed by atoms with van der Waals surface area (Å²) in [5.41, 5.74) is 2.14. The predicted octanol–water partition coefficient (Wildman–Crippen LogP) is 1.07. The molecule has 0 bridgehead atoms. The van der Waals surface area contributed by atoms with E-state index in [9.17, 15) is 9.59 Å². The maximum absolute atomic E-state index is 12.6. The fourth-order valence-electron chi connectivity index (χ4n) is 3.66. The van der Waals surface area contributed by atoms with Crippen molar-refractivity contribution in [2.45, 2.75) is 50.6 Å². The summed E-state index contributed by atoms with van der Waals surface area (Å²) in [6.45, 7) is 7.97. The van der Waals surface area contributed by atoms with Crippen molar-refractivity contribution in [3.63, 3.8) is 0 Å². The van der Waals surface area contributed by atoms with E-state index in [-0.39, 0.29) is 11.6 Å². The number of fused-ring (bicyclic) bond motifs is 1. The Kier molecular flexibility index (Phi) is 7.72. The van der Waals surface area contributed by atoms with Gasteiger partial charge in [0.05, 0.1) is 19.0 Å². The van der Waals surface area contributed by atoms with E-state index >= 15 is 0 Å². The van der Waals surface area contributed by atoms with Crippen LogP contribution in [0.4, 0.5) is 0 Å². The molecule has 1 aliphatic carbocycles. The Morgan fingerprint density at radius 1 is 1.26 bits per heavy atom. The molecular weight excluding hydrogens is 364 g/mol. The number of aromatic nitrogens is 2. The molecule has 0 unspecified atom stereocenters. The molecule has 1 aromatic rings. The lowest BCUT2D eigenvalue weighted by Gasteiger charge is -2.26. The van der Waals surface area contributed by atoms with E-state index in [0.29, 0.717) is 18.8 Å². The molecule has 1 saturated heterocycles. The molecule has 3 rings (SSSR count). The van der Waals surface area contributed by atoms with Crippen molar-refractivity contribution in [1.29, 1.82) is 0 Å². The van der Waals surface area contributed by atoms with Gasteiger partial charge in [-0.15, -0.1) is 0 Å². The molecule has 0 atom stereocenters. The largest absolute Gasteiger partial charge is 0.379 e. The van der Waals surface area contributed by atoms with Crippen molar-refractivity contribution in [3.8, 4) is 0 Å². The molecular formula is C19H30N4O3S. The summed E-state index contributed by atoms with van der Waals surface area (Å²) in [6.07, 6.45) is 4.80. The Morgan fingerprint density at radius 3 is 2.85 bits per heavy atom. The predicted molar refractivity (Wildman–Crippen MR) is 106 cm³/mol. The van der Waals surface area contributed by atoms with Crippen LogP contribution in [0.25, 0.3) is 0 Å². The number of carbonyl (C=O) groups is 1. The first kappa shape index (κ1) is 20.4. The number of hydrogen-bond donors (Lipinski definition) is 1. The third kappa shape index (κ3) is 5.56. The molecule has 0 aromatic carbocycles. The van der Waals surface area contributed by atoms with Crippen molar-refractivity contribution >= 4 is 17.7 Å². The molecule has 1 aliphatic heterocycles. The van der Waals surface area contributed by atoms with Crippen LogP contribution < -0.4 is 11.0 Å². The van der Waals surface area contributed by atoms with E-state index in [1.165, 1.54) is 17.3 Å². The van der Waals surface area contributed by atoms with Crippen molar-refractivity contribution in [1.82, 2.24) is 19.8 Å². The van der Waals surface area contributed by atoms with Crippen LogP contribution in [0, 0.1) is 0 Å². The molecule has 0 radical (unpaired) electrons. The maximum Gasteiger partial charge on any atom is 0.348 e. The van der Waals surface area contributed by atoms with E-state index in [1.54, 1.807) is 0 Å². The topological polar surface area (TPSA) is 76.5 Å². The maximum atomic E-state index is 12.6. The molecule has 27 heavy (non-hydrogen) atoms. The fraction of sp³-hybridized carbons (Fsp3) is 0.737. The number of carbonyl (C=O) groups excluding carboxylic acids is 1. The van der Waals surface area contributed by atoms with E-state index in [4.69, 9.17) is 4.74 Å². The van der Waals surface area contributed by atoms with E-state index in [0.717, 1.165) is 75.7 Å². The van der Waals surface area contributed by atoms with Gasteiger partial charge < -0.3 is 10.1 Å². The smallest absolute Gasteiger partial charge is 0.348 e. The first-order valence-electron chi connectivity index (χ1n) is 10.0. The second kappa shape index (κ2) is 10.2. The van der Waals surface area contributed by atoms with Gasteiger partial charge in [-0.3, -0.25) is 14.3 Å². The number of nitrogens with zero attached hydrogens (tertiary/aromatic N) is 3. The number of rotatable bonds is 9. The summed E-state index contributed by atoms with van der Waals surface area (Å²) in [7, 11) is 0. The summed E-state index contributed by atoms with van der Waals surface area (Å²) in [5.74, 6) is 0.324. The second-order valence-electron chi connectivity index (χ2n) is 7.08. The van der Waals surface area contributed by atoms with Crippen LogP contribution in [-0.4, -0.2) is 65.5 Å². The lowest BCUT2D eigenvalue weighted by molar-refractivity contribution is -0.118. The van der Waals surface area contributed by atoms with Crippen LogP contribution in [-0.2, 0) is 28.9 Å². The zero-order chi connectivity index (χ0) is 19.1. The van der Waals surface area contributed by atoms with Gasteiger partial charge in [-0.1, -0.05) is 18.7 Å². The van der Waals surface area contributed by atoms with Gasteiger partial charge >= 0.3 is 5.69 Å². The Bertz CT molecular complexity index is 701. The monoisotopic (exact) mass is 394 g/mol. The average molecular weight is 395 g/mol. The summed E-state index contributed by atoms with van der Waals surface area (Å²) < 4.78 is 7.25. The number of hydrogen-bond acceptors (Lipinski definition) is 6. The van der Waals surface area contributed by atoms with Crippen LogP contribution in [0.2, 0.25) is 0 Å². The highest BCUT2D eigenvalue weighted by atomic mass is 32.2. The van der Waals surface area contributed by atoms with E-state index in [1.807, 2.05) is 11.5 Å². The summed E-state index contributed by atoms with van der Waals surface area (Å²) in [5, 5.41) is 3.62. The second-order valence-corrected chi connectivity index (χ2v) is 8.04. The van der Waals surface area contributed by atoms with Gasteiger partial charge in [0.15, 0.2) is 0 Å². The summed E-state index contributed by atoms with van der Waals surface area (Å²) >= 11 is 1.40. The Labute approximate surface area is 164 Å². The van der Waals surface area contributed by atoms with Gasteiger partial charge in [0.25, 0.3) is 0 Å². The average Bonchev–Trinajstić information content (AvgIpc) is 3.17. The minimum Gasteiger partial charge on any atom is -0.379 e. The minimum absolute atomic E-state index is 0.00471. The van der Waals surface area contributed by atoms with Gasteiger partial charge in [-0.25, -0.2) is 4.79 Å². The normalized spacial score (nSPS) is 17.1. The molecule has 8 heteroatoms. The molecule has 1 fully saturated rings. The lowest BCUT2D eigenvalue weighted by atomic mass is 10.2. The SMILES string of the molecule is CCCNC(=O)CSc1nc(=O)n(CCCN2CCOCC2)c2c1CCC2. The van der Waals surface area contributed by atoms with Crippen LogP contribution in [0.15, 0.2) is 9.82 Å². The highest BCUT2D eigenvalue weighted by Crippen LogP contribution is 2.29. The standard InChI is InChI=1S/C19H30N4O3S/c1-2-7-20-17(24)14-27-18-15-5-3-6-16(15)23(19(25)21-18)9-4-8-22-10-12-26-13-11-22/h2-14H2,1H3,(H,20,24). The number of thioether (sulfide) groups is 1. The van der Waals surface area contributed by atoms with E-state index in [2.05, 4.69) is 15.2 Å². The summed E-state index contributed by atoms with van der Waals surface area (Å²) in [6, 6.07) is 0. The number of morpholine rings is 1. The lowest BCUT2D eigenvalue weighted by Crippen LogP contribution is -2.37. The van der Waals surface area contributed by atoms with E-state index < -0.39 is 0 Å². The Morgan fingerprint density at radius 2 is 2.07 bits per heavy atom. The van der Waals surface area contributed by atoms with Crippen LogP contribution >= 0.6 is 11.8 Å². The fourth-order valence-corrected chi connectivity index (χ4v) is 4.57. The highest BCUT2D eigenvalue weighted by Gasteiger charge is 2.22. The van der Waals surface area contributed by atoms with Gasteiger partial charge in [0.2, 0.25) is 5.91 Å². The first-order valence-corrected chi connectivity index (χ1v) is 11.0. The molecule has 0 saturated carbocycles. The zero-order valence-corrected chi connectivity index (χ0v) is 17.0. The summed E-state index contributed by atoms with van der Waals surface area (Å²) in [4.78, 5) is 31.2. The van der Waals surface area contributed by atoms with Gasteiger partial charge in [-0.05, 0) is 32.1 Å².